The lowest BCUT2D eigenvalue weighted by Gasteiger charge is -2.09. The van der Waals surface area contributed by atoms with Gasteiger partial charge in [-0.2, -0.15) is 0 Å². The minimum atomic E-state index is -3.93. The van der Waals surface area contributed by atoms with Crippen molar-refractivity contribution in [2.75, 3.05) is 7.11 Å². The van der Waals surface area contributed by atoms with E-state index in [4.69, 9.17) is 9.47 Å². The van der Waals surface area contributed by atoms with Crippen LogP contribution in [0.2, 0.25) is 0 Å². The van der Waals surface area contributed by atoms with Gasteiger partial charge in [-0.1, -0.05) is 0 Å². The average molecular weight is 454 g/mol. The lowest BCUT2D eigenvalue weighted by molar-refractivity contribution is 0.412. The number of hydrogen-bond donors (Lipinski definition) is 3. The van der Waals surface area contributed by atoms with E-state index < -0.39 is 21.3 Å². The monoisotopic (exact) mass is 454 g/mol. The summed E-state index contributed by atoms with van der Waals surface area (Å²) >= 11 is 0. The summed E-state index contributed by atoms with van der Waals surface area (Å²) in [6, 6.07) is 14.1. The van der Waals surface area contributed by atoms with Gasteiger partial charge >= 0.3 is 5.69 Å². The lowest BCUT2D eigenvalue weighted by Crippen LogP contribution is -2.25. The van der Waals surface area contributed by atoms with Crippen LogP contribution in [0.4, 0.5) is 0 Å². The van der Waals surface area contributed by atoms with Crippen molar-refractivity contribution >= 4 is 20.9 Å². The minimum Gasteiger partial charge on any atom is -0.497 e. The summed E-state index contributed by atoms with van der Waals surface area (Å²) in [4.78, 5) is 31.9. The molecule has 11 heteroatoms. The molecule has 4 aromatic rings. The summed E-state index contributed by atoms with van der Waals surface area (Å²) in [5.41, 5.74) is -0.473. The molecule has 0 radical (unpaired) electrons. The van der Waals surface area contributed by atoms with Crippen molar-refractivity contribution in [3.05, 3.63) is 87.2 Å². The van der Waals surface area contributed by atoms with Gasteiger partial charge in [0.15, 0.2) is 0 Å². The largest absolute Gasteiger partial charge is 0.497 e. The van der Waals surface area contributed by atoms with Crippen LogP contribution in [-0.2, 0) is 16.6 Å². The molecule has 3 N–H and O–H groups in total. The Hall–Kier alpha value is -3.96. The SMILES string of the molecule is COc1ccc(Oc2cc(CNS(=O)(=O)c3ccc4[nH]c(=O)[nH]c(=O)c4c3)ccn2)cc1. The molecule has 0 aliphatic rings. The first kappa shape index (κ1) is 21.3. The minimum absolute atomic E-state index is 0.0240. The molecule has 0 saturated carbocycles. The molecule has 0 fully saturated rings. The number of rotatable bonds is 7. The van der Waals surface area contributed by atoms with E-state index in [1.165, 1.54) is 24.4 Å². The number of hydrogen-bond acceptors (Lipinski definition) is 7. The zero-order chi connectivity index (χ0) is 22.7. The van der Waals surface area contributed by atoms with E-state index in [1.54, 1.807) is 43.5 Å². The Balaban J connectivity index is 1.50. The first-order valence-corrected chi connectivity index (χ1v) is 10.9. The fourth-order valence-corrected chi connectivity index (χ4v) is 4.00. The third-order valence-corrected chi connectivity index (χ3v) is 5.97. The Morgan fingerprint density at radius 1 is 0.969 bits per heavy atom. The molecular formula is C21H18N4O6S. The molecule has 10 nitrogen and oxygen atoms in total. The highest BCUT2D eigenvalue weighted by atomic mass is 32.2. The van der Waals surface area contributed by atoms with Crippen molar-refractivity contribution in [1.29, 1.82) is 0 Å². The second-order valence-electron chi connectivity index (χ2n) is 6.72. The number of methoxy groups -OCH3 is 1. The maximum absolute atomic E-state index is 12.7. The number of aromatic amines is 2. The van der Waals surface area contributed by atoms with Gasteiger partial charge in [-0.25, -0.2) is 22.9 Å². The van der Waals surface area contributed by atoms with Gasteiger partial charge in [-0.15, -0.1) is 0 Å². The standard InChI is InChI=1S/C21H18N4O6S/c1-30-14-2-4-15(5-3-14)31-19-10-13(8-9-22-19)12-23-32(28,29)16-6-7-18-17(11-16)20(26)25-21(27)24-18/h2-11,23H,12H2,1H3,(H2,24,25,26,27). The van der Waals surface area contributed by atoms with Gasteiger partial charge in [0.25, 0.3) is 5.56 Å². The summed E-state index contributed by atoms with van der Waals surface area (Å²) in [6.45, 7) is -0.0240. The smallest absolute Gasteiger partial charge is 0.326 e. The molecule has 0 aliphatic heterocycles. The maximum atomic E-state index is 12.7. The Morgan fingerprint density at radius 2 is 1.72 bits per heavy atom. The number of benzene rings is 2. The Labute approximate surface area is 181 Å². The quantitative estimate of drug-likeness (QED) is 0.387. The van der Waals surface area contributed by atoms with Crippen LogP contribution in [0.3, 0.4) is 0 Å². The first-order chi connectivity index (χ1) is 15.3. The molecular weight excluding hydrogens is 436 g/mol. The van der Waals surface area contributed by atoms with Crippen LogP contribution in [0.25, 0.3) is 10.9 Å². The predicted octanol–water partition coefficient (Wildman–Crippen LogP) is 1.89. The van der Waals surface area contributed by atoms with Crippen LogP contribution in [0, 0.1) is 0 Å². The number of ether oxygens (including phenoxy) is 2. The highest BCUT2D eigenvalue weighted by molar-refractivity contribution is 7.89. The van der Waals surface area contributed by atoms with Crippen LogP contribution < -0.4 is 25.4 Å². The van der Waals surface area contributed by atoms with Crippen molar-refractivity contribution in [3.8, 4) is 17.4 Å². The lowest BCUT2D eigenvalue weighted by atomic mass is 10.2. The third-order valence-electron chi connectivity index (χ3n) is 4.57. The summed E-state index contributed by atoms with van der Waals surface area (Å²) in [7, 11) is -2.36. The second-order valence-corrected chi connectivity index (χ2v) is 8.49. The van der Waals surface area contributed by atoms with Gasteiger partial charge in [0.1, 0.15) is 11.5 Å². The molecule has 0 aliphatic carbocycles. The highest BCUT2D eigenvalue weighted by Gasteiger charge is 2.16. The van der Waals surface area contributed by atoms with Gasteiger partial charge in [0.05, 0.1) is 22.9 Å². The number of nitrogens with one attached hydrogen (secondary N) is 3. The van der Waals surface area contributed by atoms with E-state index in [0.29, 0.717) is 22.9 Å². The average Bonchev–Trinajstić information content (AvgIpc) is 2.78. The molecule has 0 bridgehead atoms. The van der Waals surface area contributed by atoms with Crippen LogP contribution in [-0.4, -0.2) is 30.5 Å². The van der Waals surface area contributed by atoms with E-state index >= 15 is 0 Å². The number of nitrogens with zero attached hydrogens (tertiary/aromatic N) is 1. The number of sulfonamides is 1. The van der Waals surface area contributed by atoms with Gasteiger partial charge in [0.2, 0.25) is 15.9 Å². The Morgan fingerprint density at radius 3 is 2.47 bits per heavy atom. The van der Waals surface area contributed by atoms with E-state index in [-0.39, 0.29) is 22.3 Å². The van der Waals surface area contributed by atoms with E-state index in [2.05, 4.69) is 19.7 Å². The molecule has 0 saturated heterocycles. The van der Waals surface area contributed by atoms with Gasteiger partial charge in [-0.05, 0) is 54.1 Å². The second kappa shape index (κ2) is 8.65. The summed E-state index contributed by atoms with van der Waals surface area (Å²) in [5.74, 6) is 1.54. The van der Waals surface area contributed by atoms with Crippen molar-refractivity contribution < 1.29 is 17.9 Å². The summed E-state index contributed by atoms with van der Waals surface area (Å²) in [5, 5.41) is 0.0616. The van der Waals surface area contributed by atoms with Crippen molar-refractivity contribution in [1.82, 2.24) is 19.7 Å². The van der Waals surface area contributed by atoms with Gasteiger partial charge in [-0.3, -0.25) is 9.78 Å². The van der Waals surface area contributed by atoms with E-state index in [1.807, 2.05) is 0 Å². The third kappa shape index (κ3) is 4.68. The highest BCUT2D eigenvalue weighted by Crippen LogP contribution is 2.23. The number of H-pyrrole nitrogens is 2. The topological polar surface area (TPSA) is 143 Å². The van der Waals surface area contributed by atoms with Crippen molar-refractivity contribution in [2.45, 2.75) is 11.4 Å². The molecule has 0 unspecified atom stereocenters. The van der Waals surface area contributed by atoms with E-state index in [0.717, 1.165) is 0 Å². The molecule has 164 valence electrons. The normalized spacial score (nSPS) is 11.4. The maximum Gasteiger partial charge on any atom is 0.326 e. The zero-order valence-corrected chi connectivity index (χ0v) is 17.6. The Bertz CT molecular complexity index is 1490. The number of pyridine rings is 1. The first-order valence-electron chi connectivity index (χ1n) is 9.37. The fourth-order valence-electron chi connectivity index (χ4n) is 2.95. The van der Waals surface area contributed by atoms with Gasteiger partial charge in [0, 0.05) is 18.8 Å². The fraction of sp³-hybridized carbons (Fsp3) is 0.0952. The number of fused-ring (bicyclic) bond motifs is 1. The molecule has 2 aromatic carbocycles. The van der Waals surface area contributed by atoms with Crippen LogP contribution >= 0.6 is 0 Å². The van der Waals surface area contributed by atoms with Crippen molar-refractivity contribution in [2.24, 2.45) is 0 Å². The molecule has 4 rings (SSSR count). The molecule has 2 heterocycles. The Kier molecular flexibility index (Phi) is 5.75. The van der Waals surface area contributed by atoms with Gasteiger partial charge < -0.3 is 14.5 Å². The summed E-state index contributed by atoms with van der Waals surface area (Å²) < 4.78 is 38.7. The molecule has 0 atom stereocenters. The summed E-state index contributed by atoms with van der Waals surface area (Å²) in [6.07, 6.45) is 1.51. The molecule has 0 spiro atoms. The van der Waals surface area contributed by atoms with Crippen LogP contribution in [0.15, 0.2) is 75.3 Å². The number of aromatic nitrogens is 3. The van der Waals surface area contributed by atoms with Crippen molar-refractivity contribution in [3.63, 3.8) is 0 Å². The predicted molar refractivity (Wildman–Crippen MR) is 117 cm³/mol. The molecule has 32 heavy (non-hydrogen) atoms. The van der Waals surface area contributed by atoms with Crippen LogP contribution in [0.1, 0.15) is 5.56 Å². The zero-order valence-electron chi connectivity index (χ0n) is 16.8. The molecule has 0 amide bonds. The van der Waals surface area contributed by atoms with E-state index in [9.17, 15) is 18.0 Å². The molecule has 2 aromatic heterocycles. The van der Waals surface area contributed by atoms with Crippen LogP contribution in [0.5, 0.6) is 17.4 Å².